The van der Waals surface area contributed by atoms with Gasteiger partial charge in [0.05, 0.1) is 29.7 Å². The Labute approximate surface area is 205 Å². The zero-order valence-corrected chi connectivity index (χ0v) is 20.7. The van der Waals surface area contributed by atoms with Crippen molar-refractivity contribution in [2.75, 3.05) is 44.3 Å². The van der Waals surface area contributed by atoms with Gasteiger partial charge in [-0.2, -0.15) is 4.31 Å². The van der Waals surface area contributed by atoms with E-state index < -0.39 is 10.0 Å². The fraction of sp³-hybridized carbons (Fsp3) is 0.423. The molecule has 1 aromatic heterocycles. The highest BCUT2D eigenvalue weighted by Crippen LogP contribution is 2.30. The monoisotopic (exact) mass is 497 g/mol. The Kier molecular flexibility index (Phi) is 6.82. The Morgan fingerprint density at radius 3 is 2.46 bits per heavy atom. The van der Waals surface area contributed by atoms with Crippen molar-refractivity contribution in [1.29, 1.82) is 0 Å². The lowest BCUT2D eigenvalue weighted by molar-refractivity contribution is 0.0730. The second-order valence-electron chi connectivity index (χ2n) is 9.12. The number of rotatable bonds is 6. The van der Waals surface area contributed by atoms with E-state index in [1.807, 2.05) is 37.3 Å². The molecule has 0 unspecified atom stereocenters. The van der Waals surface area contributed by atoms with Gasteiger partial charge in [-0.1, -0.05) is 18.2 Å². The van der Waals surface area contributed by atoms with Crippen molar-refractivity contribution in [3.05, 3.63) is 59.9 Å². The van der Waals surface area contributed by atoms with Crippen molar-refractivity contribution in [2.45, 2.75) is 37.1 Å². The van der Waals surface area contributed by atoms with E-state index in [2.05, 4.69) is 10.2 Å². The molecule has 0 spiro atoms. The number of piperidine rings is 1. The van der Waals surface area contributed by atoms with Crippen molar-refractivity contribution in [3.8, 4) is 0 Å². The number of fused-ring (bicyclic) bond motifs is 1. The van der Waals surface area contributed by atoms with Crippen molar-refractivity contribution in [1.82, 2.24) is 9.62 Å². The van der Waals surface area contributed by atoms with Crippen molar-refractivity contribution < 1.29 is 22.4 Å². The number of sulfonamides is 1. The Morgan fingerprint density at radius 1 is 0.971 bits per heavy atom. The maximum atomic E-state index is 13.6. The summed E-state index contributed by atoms with van der Waals surface area (Å²) in [4.78, 5) is 15.9. The molecule has 1 N–H and O–H groups in total. The zero-order chi connectivity index (χ0) is 24.4. The summed E-state index contributed by atoms with van der Waals surface area (Å²) in [5, 5.41) is 3.99. The summed E-state index contributed by atoms with van der Waals surface area (Å²) in [6, 6.07) is 14.2. The van der Waals surface area contributed by atoms with Gasteiger partial charge in [0.15, 0.2) is 0 Å². The number of morpholine rings is 1. The predicted molar refractivity (Wildman–Crippen MR) is 134 cm³/mol. The second-order valence-corrected chi connectivity index (χ2v) is 11.1. The number of benzene rings is 2. The van der Waals surface area contributed by atoms with E-state index in [1.54, 1.807) is 12.1 Å². The quantitative estimate of drug-likeness (QED) is 0.555. The molecule has 2 aliphatic heterocycles. The van der Waals surface area contributed by atoms with Crippen LogP contribution in [0.1, 0.15) is 48.3 Å². The van der Waals surface area contributed by atoms with E-state index in [0.717, 1.165) is 49.0 Å². The molecule has 2 aliphatic rings. The fourth-order valence-electron chi connectivity index (χ4n) is 4.77. The summed E-state index contributed by atoms with van der Waals surface area (Å²) in [6.07, 6.45) is 3.25. The van der Waals surface area contributed by atoms with E-state index in [9.17, 15) is 13.2 Å². The molecule has 35 heavy (non-hydrogen) atoms. The van der Waals surface area contributed by atoms with Crippen LogP contribution in [-0.4, -0.2) is 58.0 Å². The highest BCUT2D eigenvalue weighted by Gasteiger charge is 2.29. The molecule has 0 saturated carbocycles. The molecule has 0 radical (unpaired) electrons. The largest absolute Gasteiger partial charge is 0.459 e. The lowest BCUT2D eigenvalue weighted by atomic mass is 10.1. The third kappa shape index (κ3) is 4.94. The highest BCUT2D eigenvalue weighted by atomic mass is 32.2. The maximum Gasteiger partial charge on any atom is 0.254 e. The third-order valence-electron chi connectivity index (χ3n) is 6.74. The lowest BCUT2D eigenvalue weighted by Crippen LogP contribution is -2.40. The maximum absolute atomic E-state index is 13.6. The van der Waals surface area contributed by atoms with Crippen LogP contribution >= 0.6 is 0 Å². The second kappa shape index (κ2) is 10.0. The number of carbonyl (C=O) groups is 1. The van der Waals surface area contributed by atoms with Crippen LogP contribution in [0.2, 0.25) is 0 Å². The number of hydrogen-bond donors (Lipinski definition) is 1. The van der Waals surface area contributed by atoms with Crippen LogP contribution in [0.4, 0.5) is 5.69 Å². The number of ether oxygens (including phenoxy) is 1. The number of hydrogen-bond acceptors (Lipinski definition) is 6. The number of furan rings is 1. The fourth-order valence-corrected chi connectivity index (χ4v) is 6.20. The van der Waals surface area contributed by atoms with Crippen LogP contribution in [0.25, 0.3) is 11.0 Å². The first-order valence-electron chi connectivity index (χ1n) is 12.2. The van der Waals surface area contributed by atoms with E-state index in [1.165, 1.54) is 10.4 Å². The zero-order valence-electron chi connectivity index (χ0n) is 19.9. The van der Waals surface area contributed by atoms with Gasteiger partial charge in [-0.05, 0) is 56.5 Å². The number of carbonyl (C=O) groups excluding carboxylic acids is 1. The molecule has 0 aliphatic carbocycles. The van der Waals surface area contributed by atoms with Gasteiger partial charge in [-0.15, -0.1) is 0 Å². The third-order valence-corrected chi connectivity index (χ3v) is 8.63. The molecule has 0 bridgehead atoms. The lowest BCUT2D eigenvalue weighted by Gasteiger charge is -2.31. The molecule has 2 fully saturated rings. The first kappa shape index (κ1) is 23.8. The average molecular weight is 498 g/mol. The van der Waals surface area contributed by atoms with Gasteiger partial charge in [0.25, 0.3) is 5.91 Å². The summed E-state index contributed by atoms with van der Waals surface area (Å²) >= 11 is 0. The molecule has 8 nitrogen and oxygen atoms in total. The summed E-state index contributed by atoms with van der Waals surface area (Å²) in [6.45, 7) is 4.90. The Morgan fingerprint density at radius 2 is 1.71 bits per heavy atom. The predicted octanol–water partition coefficient (Wildman–Crippen LogP) is 3.94. The number of anilines is 1. The minimum Gasteiger partial charge on any atom is -0.459 e. The molecule has 3 aromatic rings. The smallest absolute Gasteiger partial charge is 0.254 e. The van der Waals surface area contributed by atoms with Crippen LogP contribution < -0.4 is 10.2 Å². The van der Waals surface area contributed by atoms with Gasteiger partial charge in [-0.25, -0.2) is 8.42 Å². The molecule has 3 heterocycles. The first-order valence-corrected chi connectivity index (χ1v) is 13.6. The molecular weight excluding hydrogens is 466 g/mol. The molecule has 186 valence electrons. The standard InChI is InChI=1S/C26H31N3O5S/c1-19(25-17-20-7-3-4-8-24(20)34-25)27-26(30)22-18-21(35(31,32)29-13-15-33-16-14-29)9-10-23(22)28-11-5-2-6-12-28/h3-4,7-10,17-19H,2,5-6,11-16H2,1H3,(H,27,30)/t19-/m0/s1. The summed E-state index contributed by atoms with van der Waals surface area (Å²) in [5.41, 5.74) is 1.89. The molecular formula is C26H31N3O5S. The van der Waals surface area contributed by atoms with Crippen LogP contribution in [0.3, 0.4) is 0 Å². The van der Waals surface area contributed by atoms with Crippen molar-refractivity contribution in [2.24, 2.45) is 0 Å². The number of amides is 1. The van der Waals surface area contributed by atoms with Crippen LogP contribution in [0.5, 0.6) is 0 Å². The van der Waals surface area contributed by atoms with Crippen LogP contribution in [-0.2, 0) is 14.8 Å². The van der Waals surface area contributed by atoms with Crippen molar-refractivity contribution >= 4 is 32.6 Å². The normalized spacial score (nSPS) is 18.5. The summed E-state index contributed by atoms with van der Waals surface area (Å²) in [7, 11) is -3.73. The van der Waals surface area contributed by atoms with Gasteiger partial charge in [0.1, 0.15) is 11.3 Å². The highest BCUT2D eigenvalue weighted by molar-refractivity contribution is 7.89. The molecule has 1 amide bonds. The molecule has 5 rings (SSSR count). The van der Waals surface area contributed by atoms with Crippen LogP contribution in [0.15, 0.2) is 57.8 Å². The van der Waals surface area contributed by atoms with Crippen LogP contribution in [0, 0.1) is 0 Å². The van der Waals surface area contributed by atoms with E-state index >= 15 is 0 Å². The van der Waals surface area contributed by atoms with E-state index in [4.69, 9.17) is 9.15 Å². The Hall–Kier alpha value is -2.88. The Bertz CT molecular complexity index is 1270. The summed E-state index contributed by atoms with van der Waals surface area (Å²) in [5.74, 6) is 0.328. The van der Waals surface area contributed by atoms with Gasteiger partial charge >= 0.3 is 0 Å². The molecule has 2 saturated heterocycles. The Balaban J connectivity index is 1.46. The van der Waals surface area contributed by atoms with Gasteiger partial charge in [0.2, 0.25) is 10.0 Å². The molecule has 2 aromatic carbocycles. The summed E-state index contributed by atoms with van der Waals surface area (Å²) < 4.78 is 39.3. The average Bonchev–Trinajstić information content (AvgIpc) is 3.34. The van der Waals surface area contributed by atoms with Crippen molar-refractivity contribution in [3.63, 3.8) is 0 Å². The SMILES string of the molecule is C[C@H](NC(=O)c1cc(S(=O)(=O)N2CCOCC2)ccc1N1CCCCC1)c1cc2ccccc2o1. The topological polar surface area (TPSA) is 92.1 Å². The minimum atomic E-state index is -3.73. The first-order chi connectivity index (χ1) is 16.9. The molecule has 9 heteroatoms. The van der Waals surface area contributed by atoms with E-state index in [0.29, 0.717) is 37.6 Å². The number of nitrogens with zero attached hydrogens (tertiary/aromatic N) is 2. The van der Waals surface area contributed by atoms with Gasteiger partial charge < -0.3 is 19.4 Å². The minimum absolute atomic E-state index is 0.127. The van der Waals surface area contributed by atoms with E-state index in [-0.39, 0.29) is 16.8 Å². The number of para-hydroxylation sites is 1. The van der Waals surface area contributed by atoms with Gasteiger partial charge in [-0.3, -0.25) is 4.79 Å². The number of nitrogens with one attached hydrogen (secondary N) is 1. The van der Waals surface area contributed by atoms with Gasteiger partial charge in [0, 0.05) is 37.3 Å². The molecule has 1 atom stereocenters.